The van der Waals surface area contributed by atoms with E-state index < -0.39 is 5.82 Å². The molecule has 1 nitrogen and oxygen atoms in total. The number of benzene rings is 1. The molecule has 0 aliphatic carbocycles. The molecule has 0 bridgehead atoms. The average Bonchev–Trinajstić information content (AvgIpc) is 1.99. The zero-order valence-corrected chi connectivity index (χ0v) is 6.95. The fraction of sp³-hybridized carbons (Fsp3) is 0.250. The van der Waals surface area contributed by atoms with Crippen LogP contribution in [0.15, 0.2) is 23.1 Å². The molecule has 1 aromatic rings. The first kappa shape index (κ1) is 8.27. The van der Waals surface area contributed by atoms with E-state index in [1.54, 1.807) is 19.1 Å². The van der Waals surface area contributed by atoms with Crippen molar-refractivity contribution < 1.29 is 9.13 Å². The molecule has 0 unspecified atom stereocenters. The van der Waals surface area contributed by atoms with Crippen LogP contribution in [0.2, 0.25) is 0 Å². The summed E-state index contributed by atoms with van der Waals surface area (Å²) in [6.45, 7) is 2.26. The van der Waals surface area contributed by atoms with Crippen LogP contribution in [-0.2, 0) is 0 Å². The Kier molecular flexibility index (Phi) is 2.65. The maximum Gasteiger partial charge on any atom is 0.183 e. The van der Waals surface area contributed by atoms with E-state index >= 15 is 0 Å². The monoisotopic (exact) mass is 171 g/mol. The molecular formula is C8H8FOS. The van der Waals surface area contributed by atoms with Gasteiger partial charge in [-0.05, 0) is 19.1 Å². The molecule has 0 fully saturated rings. The first-order valence-corrected chi connectivity index (χ1v) is 3.75. The van der Waals surface area contributed by atoms with Crippen molar-refractivity contribution in [2.24, 2.45) is 0 Å². The lowest BCUT2D eigenvalue weighted by atomic mass is 10.3. The van der Waals surface area contributed by atoms with Gasteiger partial charge in [0, 0.05) is 0 Å². The molecule has 0 aliphatic rings. The maximum atomic E-state index is 13.0. The molecule has 0 aromatic heterocycles. The minimum Gasteiger partial charge on any atom is -0.491 e. The summed E-state index contributed by atoms with van der Waals surface area (Å²) in [4.78, 5) is 0.205. The predicted molar refractivity (Wildman–Crippen MR) is 43.4 cm³/mol. The van der Waals surface area contributed by atoms with Crippen LogP contribution in [-0.4, -0.2) is 6.61 Å². The molecule has 3 heteroatoms. The predicted octanol–water partition coefficient (Wildman–Crippen LogP) is 2.78. The highest BCUT2D eigenvalue weighted by molar-refractivity contribution is 7.80. The van der Waals surface area contributed by atoms with Gasteiger partial charge in [0.2, 0.25) is 0 Å². The summed E-state index contributed by atoms with van der Waals surface area (Å²) < 4.78 is 17.9. The molecule has 1 radical (unpaired) electrons. The Labute approximate surface area is 70.6 Å². The molecular weight excluding hydrogens is 163 g/mol. The Morgan fingerprint density at radius 3 is 2.91 bits per heavy atom. The van der Waals surface area contributed by atoms with Crippen LogP contribution < -0.4 is 4.74 Å². The van der Waals surface area contributed by atoms with Gasteiger partial charge in [-0.1, -0.05) is 18.7 Å². The number of ether oxygens (including phenoxy) is 1. The van der Waals surface area contributed by atoms with Gasteiger partial charge in [-0.3, -0.25) is 0 Å². The van der Waals surface area contributed by atoms with Crippen molar-refractivity contribution in [1.82, 2.24) is 0 Å². The summed E-state index contributed by atoms with van der Waals surface area (Å²) in [7, 11) is 0. The minimum atomic E-state index is -0.440. The normalized spacial score (nSPS) is 9.64. The van der Waals surface area contributed by atoms with Crippen molar-refractivity contribution in [3.05, 3.63) is 24.0 Å². The first-order chi connectivity index (χ1) is 5.25. The van der Waals surface area contributed by atoms with Gasteiger partial charge in [-0.15, -0.1) is 0 Å². The second kappa shape index (κ2) is 3.53. The van der Waals surface area contributed by atoms with E-state index in [0.717, 1.165) is 0 Å². The van der Waals surface area contributed by atoms with E-state index in [2.05, 4.69) is 0 Å². The smallest absolute Gasteiger partial charge is 0.183 e. The Morgan fingerprint density at radius 1 is 1.55 bits per heavy atom. The highest BCUT2D eigenvalue weighted by atomic mass is 32.1. The Hall–Kier alpha value is -0.830. The summed E-state index contributed by atoms with van der Waals surface area (Å²) in [5, 5.41) is 0. The summed E-state index contributed by atoms with van der Waals surface area (Å²) in [6.07, 6.45) is 0. The van der Waals surface area contributed by atoms with Gasteiger partial charge in [0.25, 0.3) is 0 Å². The number of hydrogen-bond donors (Lipinski definition) is 0. The third-order valence-electron chi connectivity index (χ3n) is 1.23. The molecule has 1 rings (SSSR count). The van der Waals surface area contributed by atoms with Crippen molar-refractivity contribution in [3.63, 3.8) is 0 Å². The zero-order chi connectivity index (χ0) is 8.27. The summed E-state index contributed by atoms with van der Waals surface area (Å²) >= 11 is 4.70. The molecule has 0 N–H and O–H groups in total. The van der Waals surface area contributed by atoms with Crippen molar-refractivity contribution in [2.45, 2.75) is 11.8 Å². The lowest BCUT2D eigenvalue weighted by Crippen LogP contribution is -1.94. The van der Waals surface area contributed by atoms with Gasteiger partial charge in [0.1, 0.15) is 0 Å². The topological polar surface area (TPSA) is 9.23 Å². The number of hydrogen-bond acceptors (Lipinski definition) is 1. The lowest BCUT2D eigenvalue weighted by molar-refractivity contribution is 0.318. The third-order valence-corrected chi connectivity index (χ3v) is 1.54. The highest BCUT2D eigenvalue weighted by Gasteiger charge is 2.05. The largest absolute Gasteiger partial charge is 0.491 e. The molecule has 59 valence electrons. The van der Waals surface area contributed by atoms with E-state index in [-0.39, 0.29) is 10.6 Å². The van der Waals surface area contributed by atoms with Crippen LogP contribution in [0.1, 0.15) is 6.92 Å². The molecule has 0 atom stereocenters. The SMILES string of the molecule is CCOc1cccc([S])c1F. The van der Waals surface area contributed by atoms with Crippen molar-refractivity contribution in [1.29, 1.82) is 0 Å². The molecule has 0 amide bonds. The average molecular weight is 171 g/mol. The van der Waals surface area contributed by atoms with Crippen LogP contribution in [0.3, 0.4) is 0 Å². The second-order valence-electron chi connectivity index (χ2n) is 2.00. The van der Waals surface area contributed by atoms with Gasteiger partial charge < -0.3 is 4.74 Å². The molecule has 0 spiro atoms. The van der Waals surface area contributed by atoms with Gasteiger partial charge in [0.15, 0.2) is 11.6 Å². The van der Waals surface area contributed by atoms with E-state index in [1.807, 2.05) is 0 Å². The molecule has 1 aromatic carbocycles. The lowest BCUT2D eigenvalue weighted by Gasteiger charge is -2.03. The Balaban J connectivity index is 2.96. The second-order valence-corrected chi connectivity index (χ2v) is 2.44. The van der Waals surface area contributed by atoms with Crippen LogP contribution in [0, 0.1) is 5.82 Å². The van der Waals surface area contributed by atoms with Crippen LogP contribution in [0.25, 0.3) is 0 Å². The fourth-order valence-electron chi connectivity index (χ4n) is 0.758. The van der Waals surface area contributed by atoms with E-state index in [9.17, 15) is 4.39 Å². The standard InChI is InChI=1S/C8H8FOS/c1-2-10-6-4-3-5-7(11)8(6)9/h3-5H,2H2,1H3. The maximum absolute atomic E-state index is 13.0. The van der Waals surface area contributed by atoms with Crippen LogP contribution >= 0.6 is 12.6 Å². The molecule has 0 saturated heterocycles. The Morgan fingerprint density at radius 2 is 2.27 bits per heavy atom. The number of rotatable bonds is 2. The third kappa shape index (κ3) is 1.80. The number of halogens is 1. The Bertz CT molecular complexity index is 250. The summed E-state index contributed by atoms with van der Waals surface area (Å²) in [6, 6.07) is 4.78. The summed E-state index contributed by atoms with van der Waals surface area (Å²) in [5.74, 6) is -0.204. The van der Waals surface area contributed by atoms with Crippen LogP contribution in [0.4, 0.5) is 4.39 Å². The zero-order valence-electron chi connectivity index (χ0n) is 6.13. The molecule has 0 aliphatic heterocycles. The van der Waals surface area contributed by atoms with Crippen molar-refractivity contribution >= 4 is 12.6 Å². The van der Waals surface area contributed by atoms with Gasteiger partial charge >= 0.3 is 0 Å². The van der Waals surface area contributed by atoms with Crippen LogP contribution in [0.5, 0.6) is 5.75 Å². The summed E-state index contributed by atoms with van der Waals surface area (Å²) in [5.41, 5.74) is 0. The highest BCUT2D eigenvalue weighted by Crippen LogP contribution is 2.22. The van der Waals surface area contributed by atoms with Crippen molar-refractivity contribution in [2.75, 3.05) is 6.61 Å². The van der Waals surface area contributed by atoms with Gasteiger partial charge in [0.05, 0.1) is 11.5 Å². The van der Waals surface area contributed by atoms with E-state index in [4.69, 9.17) is 17.4 Å². The fourth-order valence-corrected chi connectivity index (χ4v) is 0.937. The molecule has 11 heavy (non-hydrogen) atoms. The molecule has 0 saturated carbocycles. The van der Waals surface area contributed by atoms with E-state index in [1.165, 1.54) is 6.07 Å². The molecule has 0 heterocycles. The minimum absolute atomic E-state index is 0.205. The van der Waals surface area contributed by atoms with Crippen molar-refractivity contribution in [3.8, 4) is 5.75 Å². The quantitative estimate of drug-likeness (QED) is 0.664. The van der Waals surface area contributed by atoms with Gasteiger partial charge in [-0.25, -0.2) is 4.39 Å². The van der Waals surface area contributed by atoms with E-state index in [0.29, 0.717) is 6.61 Å². The van der Waals surface area contributed by atoms with Gasteiger partial charge in [-0.2, -0.15) is 0 Å². The first-order valence-electron chi connectivity index (χ1n) is 3.34.